The Kier molecular flexibility index (Phi) is 8.45. The summed E-state index contributed by atoms with van der Waals surface area (Å²) in [5.74, 6) is -1.07. The van der Waals surface area contributed by atoms with Crippen LogP contribution in [0.15, 0.2) is 60.7 Å². The Labute approximate surface area is 164 Å². The minimum atomic E-state index is -0.825. The molecule has 0 aromatic heterocycles. The second kappa shape index (κ2) is 11.1. The highest BCUT2D eigenvalue weighted by atomic mass is 16.7. The Bertz CT molecular complexity index is 739. The number of benzene rings is 2. The molecule has 7 nitrogen and oxygen atoms in total. The summed E-state index contributed by atoms with van der Waals surface area (Å²) in [7, 11) is 2.87. The van der Waals surface area contributed by atoms with Gasteiger partial charge in [0.1, 0.15) is 6.61 Å². The van der Waals surface area contributed by atoms with Crippen molar-refractivity contribution < 1.29 is 24.3 Å². The van der Waals surface area contributed by atoms with Crippen molar-refractivity contribution in [1.82, 2.24) is 10.4 Å². The number of aliphatic hydroxyl groups excluding tert-OH is 1. The Morgan fingerprint density at radius 1 is 1.04 bits per heavy atom. The van der Waals surface area contributed by atoms with E-state index in [9.17, 15) is 14.7 Å². The average Bonchev–Trinajstić information content (AvgIpc) is 2.75. The fourth-order valence-corrected chi connectivity index (χ4v) is 2.78. The number of ether oxygens (including phenoxy) is 1. The Morgan fingerprint density at radius 3 is 2.14 bits per heavy atom. The molecule has 2 N–H and O–H groups in total. The van der Waals surface area contributed by atoms with E-state index in [1.807, 2.05) is 60.7 Å². The van der Waals surface area contributed by atoms with Crippen molar-refractivity contribution in [3.63, 3.8) is 0 Å². The van der Waals surface area contributed by atoms with Gasteiger partial charge in [-0.1, -0.05) is 60.7 Å². The molecule has 0 aliphatic carbocycles. The van der Waals surface area contributed by atoms with Crippen molar-refractivity contribution in [2.75, 3.05) is 20.8 Å². The summed E-state index contributed by atoms with van der Waals surface area (Å²) in [6, 6.07) is 17.8. The Hall–Kier alpha value is -2.90. The van der Waals surface area contributed by atoms with Crippen molar-refractivity contribution in [2.45, 2.75) is 19.1 Å². The largest absolute Gasteiger partial charge is 0.445 e. The van der Waals surface area contributed by atoms with Crippen molar-refractivity contribution >= 4 is 12.0 Å². The van der Waals surface area contributed by atoms with Crippen LogP contribution in [0.25, 0.3) is 0 Å². The maximum atomic E-state index is 12.7. The van der Waals surface area contributed by atoms with E-state index in [4.69, 9.17) is 9.57 Å². The number of nitrogens with one attached hydrogen (secondary N) is 1. The standard InChI is InChI=1S/C21H26N2O5/c1-23(27-2)20(25)18(13-16-9-5-3-6-10-16)19(14-24)22-21(26)28-15-17-11-7-4-8-12-17/h3-12,18-19,24H,13-15H2,1-2H3,(H,22,26)/t18-,19-/m1/s1. The number of amides is 2. The zero-order valence-corrected chi connectivity index (χ0v) is 16.1. The van der Waals surface area contributed by atoms with Gasteiger partial charge in [-0.05, 0) is 17.5 Å². The van der Waals surface area contributed by atoms with E-state index in [0.29, 0.717) is 6.42 Å². The molecule has 0 saturated heterocycles. The van der Waals surface area contributed by atoms with E-state index in [0.717, 1.165) is 16.2 Å². The number of alkyl carbamates (subject to hydrolysis) is 1. The Morgan fingerprint density at radius 2 is 1.61 bits per heavy atom. The molecular weight excluding hydrogens is 360 g/mol. The molecule has 0 heterocycles. The van der Waals surface area contributed by atoms with E-state index in [-0.39, 0.29) is 12.5 Å². The lowest BCUT2D eigenvalue weighted by molar-refractivity contribution is -0.174. The van der Waals surface area contributed by atoms with Gasteiger partial charge in [-0.15, -0.1) is 0 Å². The SMILES string of the molecule is CON(C)C(=O)[C@H](Cc1ccccc1)[C@@H](CO)NC(=O)OCc1ccccc1. The first-order valence-corrected chi connectivity index (χ1v) is 8.98. The summed E-state index contributed by atoms with van der Waals surface area (Å²) in [5, 5.41) is 13.5. The van der Waals surface area contributed by atoms with Crippen LogP contribution in [0.3, 0.4) is 0 Å². The molecular formula is C21H26N2O5. The van der Waals surface area contributed by atoms with E-state index < -0.39 is 24.7 Å². The van der Waals surface area contributed by atoms with Gasteiger partial charge in [-0.3, -0.25) is 9.63 Å². The van der Waals surface area contributed by atoms with E-state index in [2.05, 4.69) is 5.32 Å². The molecule has 0 aliphatic heterocycles. The van der Waals surface area contributed by atoms with Crippen LogP contribution in [0.4, 0.5) is 4.79 Å². The summed E-state index contributed by atoms with van der Waals surface area (Å²) in [6.45, 7) is -0.318. The number of nitrogens with zero attached hydrogens (tertiary/aromatic N) is 1. The molecule has 28 heavy (non-hydrogen) atoms. The van der Waals surface area contributed by atoms with Crippen LogP contribution in [0.1, 0.15) is 11.1 Å². The van der Waals surface area contributed by atoms with E-state index >= 15 is 0 Å². The summed E-state index contributed by atoms with van der Waals surface area (Å²) < 4.78 is 5.21. The summed E-state index contributed by atoms with van der Waals surface area (Å²) >= 11 is 0. The van der Waals surface area contributed by atoms with Gasteiger partial charge in [0.25, 0.3) is 5.91 Å². The van der Waals surface area contributed by atoms with Gasteiger partial charge in [0.15, 0.2) is 0 Å². The van der Waals surface area contributed by atoms with Gasteiger partial charge in [-0.25, -0.2) is 9.86 Å². The zero-order valence-electron chi connectivity index (χ0n) is 16.1. The van der Waals surface area contributed by atoms with Gasteiger partial charge in [-0.2, -0.15) is 0 Å². The third kappa shape index (κ3) is 6.37. The molecule has 2 rings (SSSR count). The fraction of sp³-hybridized carbons (Fsp3) is 0.333. The van der Waals surface area contributed by atoms with E-state index in [1.54, 1.807) is 0 Å². The van der Waals surface area contributed by atoms with Crippen molar-refractivity contribution in [3.8, 4) is 0 Å². The minimum Gasteiger partial charge on any atom is -0.445 e. The van der Waals surface area contributed by atoms with Gasteiger partial charge >= 0.3 is 6.09 Å². The third-order valence-electron chi connectivity index (χ3n) is 4.40. The maximum absolute atomic E-state index is 12.7. The molecule has 2 aromatic rings. The summed E-state index contributed by atoms with van der Waals surface area (Å²) in [6.07, 6.45) is -0.369. The highest BCUT2D eigenvalue weighted by Crippen LogP contribution is 2.16. The summed E-state index contributed by atoms with van der Waals surface area (Å²) in [4.78, 5) is 29.9. The van der Waals surface area contributed by atoms with Crippen LogP contribution in [0, 0.1) is 5.92 Å². The van der Waals surface area contributed by atoms with Crippen LogP contribution >= 0.6 is 0 Å². The first kappa shape index (κ1) is 21.4. The fourth-order valence-electron chi connectivity index (χ4n) is 2.78. The topological polar surface area (TPSA) is 88.1 Å². The lowest BCUT2D eigenvalue weighted by Crippen LogP contribution is -2.50. The molecule has 0 bridgehead atoms. The number of carbonyl (C=O) groups is 2. The van der Waals surface area contributed by atoms with Gasteiger partial charge in [0.2, 0.25) is 0 Å². The monoisotopic (exact) mass is 386 g/mol. The number of hydrogen-bond acceptors (Lipinski definition) is 5. The molecule has 0 saturated carbocycles. The highest BCUT2D eigenvalue weighted by Gasteiger charge is 2.32. The third-order valence-corrected chi connectivity index (χ3v) is 4.40. The van der Waals surface area contributed by atoms with Crippen molar-refractivity contribution in [3.05, 3.63) is 71.8 Å². The molecule has 2 amide bonds. The van der Waals surface area contributed by atoms with Crippen LogP contribution in [0.2, 0.25) is 0 Å². The Balaban J connectivity index is 2.07. The number of rotatable bonds is 9. The van der Waals surface area contributed by atoms with Crippen molar-refractivity contribution in [2.24, 2.45) is 5.92 Å². The molecule has 7 heteroatoms. The van der Waals surface area contributed by atoms with Gasteiger partial charge < -0.3 is 15.2 Å². The molecule has 0 aliphatic rings. The first-order valence-electron chi connectivity index (χ1n) is 8.98. The maximum Gasteiger partial charge on any atom is 0.407 e. The quantitative estimate of drug-likeness (QED) is 0.645. The molecule has 0 fully saturated rings. The molecule has 0 radical (unpaired) electrons. The molecule has 0 unspecified atom stereocenters. The molecule has 0 spiro atoms. The lowest BCUT2D eigenvalue weighted by atomic mass is 9.91. The van der Waals surface area contributed by atoms with Crippen LogP contribution in [0.5, 0.6) is 0 Å². The van der Waals surface area contributed by atoms with Crippen LogP contribution < -0.4 is 5.32 Å². The molecule has 2 aromatic carbocycles. The average molecular weight is 386 g/mol. The lowest BCUT2D eigenvalue weighted by Gasteiger charge is -2.28. The molecule has 2 atom stereocenters. The highest BCUT2D eigenvalue weighted by molar-refractivity contribution is 5.79. The number of aliphatic hydroxyl groups is 1. The van der Waals surface area contributed by atoms with Gasteiger partial charge in [0, 0.05) is 7.05 Å². The normalized spacial score (nSPS) is 12.7. The predicted molar refractivity (Wildman–Crippen MR) is 104 cm³/mol. The van der Waals surface area contributed by atoms with Crippen molar-refractivity contribution in [1.29, 1.82) is 0 Å². The number of hydrogen-bond donors (Lipinski definition) is 2. The van der Waals surface area contributed by atoms with E-state index in [1.165, 1.54) is 14.2 Å². The first-order chi connectivity index (χ1) is 13.5. The molecule has 150 valence electrons. The van der Waals surface area contributed by atoms with Gasteiger partial charge in [0.05, 0.1) is 25.7 Å². The predicted octanol–water partition coefficient (Wildman–Crippen LogP) is 2.15. The van der Waals surface area contributed by atoms with Crippen LogP contribution in [-0.4, -0.2) is 49.0 Å². The number of hydroxylamine groups is 2. The smallest absolute Gasteiger partial charge is 0.407 e. The zero-order chi connectivity index (χ0) is 20.4. The minimum absolute atomic E-state index is 0.0973. The second-order valence-corrected chi connectivity index (χ2v) is 6.31. The van der Waals surface area contributed by atoms with Crippen LogP contribution in [-0.2, 0) is 27.4 Å². The second-order valence-electron chi connectivity index (χ2n) is 6.31. The number of carbonyl (C=O) groups excluding carboxylic acids is 2. The summed E-state index contributed by atoms with van der Waals surface area (Å²) in [5.41, 5.74) is 1.75.